The number of hydrogen-bond donors (Lipinski definition) is 5. The monoisotopic (exact) mass is 755 g/mol. The van der Waals surface area contributed by atoms with E-state index in [-0.39, 0.29) is 12.2 Å². The Morgan fingerprint density at radius 1 is 0.660 bits per heavy atom. The number of thiol groups is 1. The van der Waals surface area contributed by atoms with Crippen LogP contribution < -0.4 is 16.0 Å². The maximum Gasteiger partial charge on any atom is 0.408 e. The molecule has 0 aliphatic carbocycles. The number of carboxylic acid groups (broad SMARTS) is 1. The summed E-state index contributed by atoms with van der Waals surface area (Å²) >= 11 is 5.88. The Hall–Kier alpha value is -4.74. The van der Waals surface area contributed by atoms with Crippen molar-refractivity contribution in [2.24, 2.45) is 0 Å². The molecule has 0 spiro atoms. The maximum absolute atomic E-state index is 14.4. The van der Waals surface area contributed by atoms with Gasteiger partial charge in [0.1, 0.15) is 23.7 Å². The van der Waals surface area contributed by atoms with Gasteiger partial charge in [-0.3, -0.25) is 9.59 Å². The Balaban J connectivity index is 1.73. The van der Waals surface area contributed by atoms with Crippen LogP contribution in [0.5, 0.6) is 0 Å². The average molecular weight is 756 g/mol. The highest BCUT2D eigenvalue weighted by molar-refractivity contribution is 8.00. The van der Waals surface area contributed by atoms with E-state index < -0.39 is 57.1 Å². The number of benzene rings is 4. The van der Waals surface area contributed by atoms with E-state index >= 15 is 0 Å². The molecule has 0 aromatic heterocycles. The minimum Gasteiger partial charge on any atom is -0.480 e. The van der Waals surface area contributed by atoms with Crippen LogP contribution in [-0.2, 0) is 30.3 Å². The molecule has 0 heterocycles. The van der Waals surface area contributed by atoms with Crippen LogP contribution in [0.3, 0.4) is 0 Å². The van der Waals surface area contributed by atoms with Crippen molar-refractivity contribution in [2.45, 2.75) is 80.7 Å². The standard InChI is InChI=1S/C42H49N3O6S2/c1-40(2,3)51-39(50)44-34(28-53-42(30-20-12-7-13-21-30,31-22-14-8-15-23-31)32-24-16-9-17-25-32)37(47)43-33(27-26-29-18-10-6-11-19-29)36(46)45-35(38(48)49)41(4,5)52/h6-25,33-35,52H,26-28H2,1-5H3,(H,43,47)(H,44,50)(H,45,46)(H,48,49)/t33?,34-,35+/m1/s1. The first-order valence-corrected chi connectivity index (χ1v) is 18.9. The van der Waals surface area contributed by atoms with Crippen molar-refractivity contribution in [1.82, 2.24) is 16.0 Å². The number of amides is 3. The van der Waals surface area contributed by atoms with Gasteiger partial charge in [0.15, 0.2) is 0 Å². The van der Waals surface area contributed by atoms with Crippen LogP contribution in [0.4, 0.5) is 4.79 Å². The number of rotatable bonds is 16. The van der Waals surface area contributed by atoms with Crippen molar-refractivity contribution in [3.63, 3.8) is 0 Å². The highest BCUT2D eigenvalue weighted by atomic mass is 32.2. The van der Waals surface area contributed by atoms with Crippen LogP contribution in [0.15, 0.2) is 121 Å². The second-order valence-electron chi connectivity index (χ2n) is 14.3. The topological polar surface area (TPSA) is 134 Å². The molecule has 4 N–H and O–H groups in total. The zero-order chi connectivity index (χ0) is 38.6. The fourth-order valence-corrected chi connectivity index (χ4v) is 7.62. The van der Waals surface area contributed by atoms with Gasteiger partial charge in [-0.2, -0.15) is 12.6 Å². The van der Waals surface area contributed by atoms with Gasteiger partial charge >= 0.3 is 12.1 Å². The quantitative estimate of drug-likeness (QED) is 0.0615. The van der Waals surface area contributed by atoms with Gasteiger partial charge in [0.05, 0.1) is 4.75 Å². The molecule has 9 nitrogen and oxygen atoms in total. The lowest BCUT2D eigenvalue weighted by atomic mass is 9.84. The molecule has 0 saturated heterocycles. The molecule has 53 heavy (non-hydrogen) atoms. The molecule has 0 radical (unpaired) electrons. The Bertz CT molecular complexity index is 1700. The number of thioether (sulfide) groups is 1. The van der Waals surface area contributed by atoms with E-state index in [1.54, 1.807) is 34.6 Å². The second kappa shape index (κ2) is 18.3. The molecule has 3 amide bonds. The molecule has 0 bridgehead atoms. The third-order valence-electron chi connectivity index (χ3n) is 8.45. The third kappa shape index (κ3) is 11.6. The van der Waals surface area contributed by atoms with E-state index in [0.29, 0.717) is 6.42 Å². The van der Waals surface area contributed by atoms with Crippen molar-refractivity contribution in [3.8, 4) is 0 Å². The fourth-order valence-electron chi connectivity index (χ4n) is 5.89. The van der Waals surface area contributed by atoms with Crippen LogP contribution in [-0.4, -0.2) is 63.2 Å². The number of carboxylic acids is 1. The summed E-state index contributed by atoms with van der Waals surface area (Å²) in [5.41, 5.74) is 2.99. The van der Waals surface area contributed by atoms with Gasteiger partial charge in [0.25, 0.3) is 0 Å². The van der Waals surface area contributed by atoms with Gasteiger partial charge in [0, 0.05) is 10.5 Å². The molecule has 1 unspecified atom stereocenters. The van der Waals surface area contributed by atoms with Gasteiger partial charge in [-0.15, -0.1) is 11.8 Å². The SMILES string of the molecule is CC(C)(C)OC(=O)N[C@H](CSC(c1ccccc1)(c1ccccc1)c1ccccc1)C(=O)NC(CCc1ccccc1)C(=O)N[C@@H](C(=O)O)C(C)(C)S. The molecule has 280 valence electrons. The summed E-state index contributed by atoms with van der Waals surface area (Å²) in [7, 11) is 0. The maximum atomic E-state index is 14.4. The largest absolute Gasteiger partial charge is 0.480 e. The minimum atomic E-state index is -1.34. The fraction of sp³-hybridized carbons (Fsp3) is 0.333. The molecule has 0 aliphatic heterocycles. The van der Waals surface area contributed by atoms with Crippen LogP contribution in [0, 0.1) is 0 Å². The lowest BCUT2D eigenvalue weighted by molar-refractivity contribution is -0.143. The first-order valence-electron chi connectivity index (χ1n) is 17.5. The number of hydrogen-bond acceptors (Lipinski definition) is 7. The average Bonchev–Trinajstić information content (AvgIpc) is 3.12. The Labute approximate surface area is 322 Å². The van der Waals surface area contributed by atoms with E-state index in [2.05, 4.69) is 28.6 Å². The molecule has 4 rings (SSSR count). The number of carbonyl (C=O) groups excluding carboxylic acids is 3. The summed E-state index contributed by atoms with van der Waals surface area (Å²) in [6.07, 6.45) is -0.217. The first-order chi connectivity index (χ1) is 25.1. The van der Waals surface area contributed by atoms with E-state index in [0.717, 1.165) is 22.3 Å². The lowest BCUT2D eigenvalue weighted by Crippen LogP contribution is -2.59. The van der Waals surface area contributed by atoms with Crippen LogP contribution in [0.2, 0.25) is 0 Å². The normalized spacial score (nSPS) is 13.5. The number of carbonyl (C=O) groups is 4. The smallest absolute Gasteiger partial charge is 0.408 e. The Morgan fingerprint density at radius 3 is 1.51 bits per heavy atom. The Morgan fingerprint density at radius 2 is 1.09 bits per heavy atom. The van der Waals surface area contributed by atoms with E-state index in [9.17, 15) is 24.3 Å². The number of aryl methyl sites for hydroxylation is 1. The lowest BCUT2D eigenvalue weighted by Gasteiger charge is -2.36. The highest BCUT2D eigenvalue weighted by Crippen LogP contribution is 2.48. The summed E-state index contributed by atoms with van der Waals surface area (Å²) in [5, 5.41) is 18.1. The van der Waals surface area contributed by atoms with Crippen LogP contribution in [0.25, 0.3) is 0 Å². The predicted octanol–water partition coefficient (Wildman–Crippen LogP) is 7.00. The number of alkyl carbamates (subject to hydrolysis) is 1. The molecular weight excluding hydrogens is 707 g/mol. The summed E-state index contributed by atoms with van der Waals surface area (Å²) in [6.45, 7) is 8.36. The van der Waals surface area contributed by atoms with Crippen LogP contribution >= 0.6 is 24.4 Å². The van der Waals surface area contributed by atoms with E-state index in [1.807, 2.05) is 121 Å². The van der Waals surface area contributed by atoms with E-state index in [1.165, 1.54) is 11.8 Å². The third-order valence-corrected chi connectivity index (χ3v) is 10.4. The van der Waals surface area contributed by atoms with Crippen molar-refractivity contribution in [1.29, 1.82) is 0 Å². The van der Waals surface area contributed by atoms with Crippen molar-refractivity contribution in [3.05, 3.63) is 144 Å². The molecule has 0 fully saturated rings. The van der Waals surface area contributed by atoms with Gasteiger partial charge in [-0.1, -0.05) is 121 Å². The van der Waals surface area contributed by atoms with Gasteiger partial charge in [-0.05, 0) is 69.7 Å². The van der Waals surface area contributed by atoms with Gasteiger partial charge in [-0.25, -0.2) is 9.59 Å². The minimum absolute atomic E-state index is 0.0677. The zero-order valence-electron chi connectivity index (χ0n) is 30.7. The molecular formula is C42H49N3O6S2. The summed E-state index contributed by atoms with van der Waals surface area (Å²) < 4.78 is 3.67. The molecule has 4 aromatic carbocycles. The van der Waals surface area contributed by atoms with Gasteiger partial charge in [0.2, 0.25) is 11.8 Å². The number of ether oxygens (including phenoxy) is 1. The molecule has 11 heteroatoms. The number of aliphatic carboxylic acids is 1. The molecule has 4 aromatic rings. The predicted molar refractivity (Wildman–Crippen MR) is 214 cm³/mol. The van der Waals surface area contributed by atoms with Gasteiger partial charge < -0.3 is 25.8 Å². The zero-order valence-corrected chi connectivity index (χ0v) is 32.5. The summed E-state index contributed by atoms with van der Waals surface area (Å²) in [4.78, 5) is 53.7. The summed E-state index contributed by atoms with van der Waals surface area (Å²) in [6, 6.07) is 35.6. The molecule has 0 aliphatic rings. The van der Waals surface area contributed by atoms with Crippen molar-refractivity contribution < 1.29 is 29.0 Å². The molecule has 0 saturated carbocycles. The van der Waals surface area contributed by atoms with Crippen LogP contribution in [0.1, 0.15) is 63.3 Å². The number of nitrogens with one attached hydrogen (secondary N) is 3. The van der Waals surface area contributed by atoms with Crippen molar-refractivity contribution in [2.75, 3.05) is 5.75 Å². The molecule has 3 atom stereocenters. The highest BCUT2D eigenvalue weighted by Gasteiger charge is 2.40. The second-order valence-corrected chi connectivity index (χ2v) is 16.7. The summed E-state index contributed by atoms with van der Waals surface area (Å²) in [5.74, 6) is -2.50. The van der Waals surface area contributed by atoms with Crippen molar-refractivity contribution >= 4 is 48.3 Å². The van der Waals surface area contributed by atoms with E-state index in [4.69, 9.17) is 4.74 Å². The first kappa shape index (κ1) is 41.0. The Kier molecular flexibility index (Phi) is 14.2.